The Balaban J connectivity index is 0.000000151. The van der Waals surface area contributed by atoms with Crippen molar-refractivity contribution < 1.29 is 0 Å². The first-order chi connectivity index (χ1) is 9.81. The highest BCUT2D eigenvalue weighted by molar-refractivity contribution is 5.85. The van der Waals surface area contributed by atoms with Crippen LogP contribution in [0.3, 0.4) is 0 Å². The zero-order valence-corrected chi connectivity index (χ0v) is 12.1. The molecule has 0 bridgehead atoms. The third-order valence-electron chi connectivity index (χ3n) is 3.17. The van der Waals surface area contributed by atoms with E-state index in [-0.39, 0.29) is 0 Å². The highest BCUT2D eigenvalue weighted by atomic mass is 14.0. The summed E-state index contributed by atoms with van der Waals surface area (Å²) in [7, 11) is 0. The molecule has 3 aromatic rings. The predicted molar refractivity (Wildman–Crippen MR) is 89.8 cm³/mol. The van der Waals surface area contributed by atoms with Crippen LogP contribution in [0.5, 0.6) is 0 Å². The molecule has 0 heterocycles. The molecule has 0 saturated heterocycles. The normalized spacial score (nSPS) is 10.3. The SMILES string of the molecule is C/C=C/c1ccccc1.Cc1cccc2ccccc12. The zero-order chi connectivity index (χ0) is 14.2. The molecule has 0 atom stereocenters. The third kappa shape index (κ3) is 3.83. The van der Waals surface area contributed by atoms with Crippen LogP contribution in [0, 0.1) is 6.92 Å². The van der Waals surface area contributed by atoms with Crippen LogP contribution in [0.2, 0.25) is 0 Å². The standard InChI is InChI=1S/C11H10.C9H10/c1-9-5-4-7-10-6-2-3-8-11(9)10;1-2-6-9-7-4-3-5-8-9/h2-8H,1H3;2-8H,1H3/b;6-2+. The summed E-state index contributed by atoms with van der Waals surface area (Å²) < 4.78 is 0. The maximum Gasteiger partial charge on any atom is -0.0155 e. The monoisotopic (exact) mass is 260 g/mol. The van der Waals surface area contributed by atoms with E-state index in [2.05, 4.69) is 67.6 Å². The Kier molecular flexibility index (Phi) is 5.14. The fraction of sp³-hybridized carbons (Fsp3) is 0.100. The largest absolute Gasteiger partial charge is 0.0871 e. The smallest absolute Gasteiger partial charge is 0.0155 e. The number of allylic oxidation sites excluding steroid dienone is 1. The van der Waals surface area contributed by atoms with E-state index in [1.807, 2.05) is 31.2 Å². The lowest BCUT2D eigenvalue weighted by molar-refractivity contribution is 1.53. The number of hydrogen-bond acceptors (Lipinski definition) is 0. The summed E-state index contributed by atoms with van der Waals surface area (Å²) >= 11 is 0. The summed E-state index contributed by atoms with van der Waals surface area (Å²) in [6.45, 7) is 4.16. The number of aryl methyl sites for hydroxylation is 1. The topological polar surface area (TPSA) is 0 Å². The van der Waals surface area contributed by atoms with Gasteiger partial charge in [-0.05, 0) is 35.7 Å². The van der Waals surface area contributed by atoms with Gasteiger partial charge in [0.05, 0.1) is 0 Å². The van der Waals surface area contributed by atoms with Crippen molar-refractivity contribution in [3.8, 4) is 0 Å². The van der Waals surface area contributed by atoms with E-state index < -0.39 is 0 Å². The van der Waals surface area contributed by atoms with Crippen LogP contribution in [0.4, 0.5) is 0 Å². The van der Waals surface area contributed by atoms with Crippen LogP contribution in [0.1, 0.15) is 18.1 Å². The molecule has 100 valence electrons. The Morgan fingerprint density at radius 1 is 0.700 bits per heavy atom. The summed E-state index contributed by atoms with van der Waals surface area (Å²) in [6, 6.07) is 25.1. The van der Waals surface area contributed by atoms with E-state index in [1.165, 1.54) is 21.9 Å². The number of rotatable bonds is 1. The summed E-state index contributed by atoms with van der Waals surface area (Å²) in [5.41, 5.74) is 2.61. The highest BCUT2D eigenvalue weighted by Gasteiger charge is 1.92. The minimum absolute atomic E-state index is 1.26. The molecule has 0 unspecified atom stereocenters. The molecule has 0 aromatic heterocycles. The minimum atomic E-state index is 1.26. The molecule has 3 aromatic carbocycles. The van der Waals surface area contributed by atoms with Crippen molar-refractivity contribution in [2.45, 2.75) is 13.8 Å². The molecule has 0 nitrogen and oxygen atoms in total. The highest BCUT2D eigenvalue weighted by Crippen LogP contribution is 2.16. The maximum absolute atomic E-state index is 2.16. The molecule has 3 rings (SSSR count). The molecular formula is C20H20. The third-order valence-corrected chi connectivity index (χ3v) is 3.17. The van der Waals surface area contributed by atoms with Crippen molar-refractivity contribution in [2.75, 3.05) is 0 Å². The van der Waals surface area contributed by atoms with Crippen LogP contribution in [-0.4, -0.2) is 0 Å². The van der Waals surface area contributed by atoms with Crippen molar-refractivity contribution in [1.82, 2.24) is 0 Å². The quantitative estimate of drug-likeness (QED) is 0.513. The predicted octanol–water partition coefficient (Wildman–Crippen LogP) is 5.87. The van der Waals surface area contributed by atoms with Crippen molar-refractivity contribution in [3.63, 3.8) is 0 Å². The van der Waals surface area contributed by atoms with Gasteiger partial charge in [0, 0.05) is 0 Å². The molecule has 0 aliphatic heterocycles. The molecule has 0 aliphatic rings. The van der Waals surface area contributed by atoms with E-state index in [9.17, 15) is 0 Å². The molecular weight excluding hydrogens is 240 g/mol. The Labute approximate surface area is 121 Å². The van der Waals surface area contributed by atoms with E-state index >= 15 is 0 Å². The maximum atomic E-state index is 2.16. The Morgan fingerprint density at radius 2 is 1.35 bits per heavy atom. The van der Waals surface area contributed by atoms with Gasteiger partial charge in [-0.25, -0.2) is 0 Å². The van der Waals surface area contributed by atoms with Gasteiger partial charge in [0.15, 0.2) is 0 Å². The van der Waals surface area contributed by atoms with E-state index in [0.29, 0.717) is 0 Å². The first kappa shape index (κ1) is 14.1. The van der Waals surface area contributed by atoms with Crippen molar-refractivity contribution >= 4 is 16.8 Å². The molecule has 0 N–H and O–H groups in total. The van der Waals surface area contributed by atoms with Gasteiger partial charge in [0.2, 0.25) is 0 Å². The number of hydrogen-bond donors (Lipinski definition) is 0. The van der Waals surface area contributed by atoms with Crippen LogP contribution in [0.15, 0.2) is 78.9 Å². The molecule has 0 aliphatic carbocycles. The van der Waals surface area contributed by atoms with E-state index in [4.69, 9.17) is 0 Å². The number of benzene rings is 3. The van der Waals surface area contributed by atoms with Crippen molar-refractivity contribution in [3.05, 3.63) is 90.0 Å². The number of fused-ring (bicyclic) bond motifs is 1. The molecule has 0 fully saturated rings. The second-order valence-corrected chi connectivity index (χ2v) is 4.71. The van der Waals surface area contributed by atoms with E-state index in [1.54, 1.807) is 0 Å². The first-order valence-electron chi connectivity index (χ1n) is 6.93. The van der Waals surface area contributed by atoms with Gasteiger partial charge in [-0.3, -0.25) is 0 Å². The summed E-state index contributed by atoms with van der Waals surface area (Å²) in [5, 5.41) is 2.68. The van der Waals surface area contributed by atoms with Crippen LogP contribution in [-0.2, 0) is 0 Å². The van der Waals surface area contributed by atoms with Gasteiger partial charge < -0.3 is 0 Å². The van der Waals surface area contributed by atoms with Crippen LogP contribution in [0.25, 0.3) is 16.8 Å². The fourth-order valence-electron chi connectivity index (χ4n) is 2.14. The van der Waals surface area contributed by atoms with Crippen LogP contribution >= 0.6 is 0 Å². The summed E-state index contributed by atoms with van der Waals surface area (Å²) in [5.74, 6) is 0. The average molecular weight is 260 g/mol. The van der Waals surface area contributed by atoms with E-state index in [0.717, 1.165) is 0 Å². The molecule has 0 radical (unpaired) electrons. The molecule has 0 amide bonds. The van der Waals surface area contributed by atoms with Gasteiger partial charge in [-0.1, -0.05) is 84.9 Å². The molecule has 0 saturated carbocycles. The summed E-state index contributed by atoms with van der Waals surface area (Å²) in [4.78, 5) is 0. The average Bonchev–Trinajstić information content (AvgIpc) is 2.50. The van der Waals surface area contributed by atoms with Crippen LogP contribution < -0.4 is 0 Å². The summed E-state index contributed by atoms with van der Waals surface area (Å²) in [6.07, 6.45) is 4.12. The Bertz CT molecular complexity index is 673. The van der Waals surface area contributed by atoms with Gasteiger partial charge in [-0.2, -0.15) is 0 Å². The minimum Gasteiger partial charge on any atom is -0.0871 e. The van der Waals surface area contributed by atoms with Gasteiger partial charge in [0.1, 0.15) is 0 Å². The molecule has 0 spiro atoms. The van der Waals surface area contributed by atoms with Crippen molar-refractivity contribution in [1.29, 1.82) is 0 Å². The zero-order valence-electron chi connectivity index (χ0n) is 12.1. The van der Waals surface area contributed by atoms with Crippen molar-refractivity contribution in [2.24, 2.45) is 0 Å². The van der Waals surface area contributed by atoms with Gasteiger partial charge in [-0.15, -0.1) is 0 Å². The lowest BCUT2D eigenvalue weighted by atomic mass is 10.1. The Morgan fingerprint density at radius 3 is 2.05 bits per heavy atom. The fourth-order valence-corrected chi connectivity index (χ4v) is 2.14. The van der Waals surface area contributed by atoms with Gasteiger partial charge in [0.25, 0.3) is 0 Å². The Hall–Kier alpha value is -2.34. The second kappa shape index (κ2) is 7.30. The first-order valence-corrected chi connectivity index (χ1v) is 6.93. The lowest BCUT2D eigenvalue weighted by Gasteiger charge is -1.98. The lowest BCUT2D eigenvalue weighted by Crippen LogP contribution is -1.75. The molecule has 0 heteroatoms. The second-order valence-electron chi connectivity index (χ2n) is 4.71. The molecule has 20 heavy (non-hydrogen) atoms. The van der Waals surface area contributed by atoms with Gasteiger partial charge >= 0.3 is 0 Å².